The lowest BCUT2D eigenvalue weighted by Crippen LogP contribution is -2.32. The zero-order chi connectivity index (χ0) is 17.3. The zero-order valence-electron chi connectivity index (χ0n) is 13.1. The van der Waals surface area contributed by atoms with Crippen LogP contribution in [0.4, 0.5) is 0 Å². The number of methoxy groups -OCH3 is 1. The van der Waals surface area contributed by atoms with Gasteiger partial charge in [0.05, 0.1) is 12.0 Å². The second-order valence-electron chi connectivity index (χ2n) is 5.64. The molecule has 1 aliphatic heterocycles. The fourth-order valence-corrected chi connectivity index (χ4v) is 5.53. The number of thiophene rings is 1. The number of esters is 1. The van der Waals surface area contributed by atoms with E-state index in [2.05, 4.69) is 4.74 Å². The van der Waals surface area contributed by atoms with Crippen LogP contribution in [-0.4, -0.2) is 44.9 Å². The molecule has 2 N–H and O–H groups in total. The molecule has 0 radical (unpaired) electrons. The normalized spacial score (nSPS) is 21.8. The van der Waals surface area contributed by atoms with E-state index in [1.807, 2.05) is 30.3 Å². The number of carbonyl (C=O) groups excluding carboxylic acids is 1. The molecule has 1 aromatic carbocycles. The summed E-state index contributed by atoms with van der Waals surface area (Å²) < 4.78 is 31.6. The standard InChI is InChI=1S/C16H18N2O4S2/c1-22-16(19)15-7-12(10-23-15)24(20,21)18-8-13(14(17)9-18)11-5-3-2-4-6-11/h2-7,10,13-14H,8-9,17H2,1H3/t13-,14+/m0/s1. The van der Waals surface area contributed by atoms with E-state index >= 15 is 0 Å². The predicted molar refractivity (Wildman–Crippen MR) is 91.6 cm³/mol. The molecule has 2 atom stereocenters. The van der Waals surface area contributed by atoms with Crippen molar-refractivity contribution in [1.29, 1.82) is 0 Å². The van der Waals surface area contributed by atoms with Gasteiger partial charge in [-0.1, -0.05) is 30.3 Å². The van der Waals surface area contributed by atoms with Gasteiger partial charge >= 0.3 is 5.97 Å². The van der Waals surface area contributed by atoms with Gasteiger partial charge in [0.1, 0.15) is 4.88 Å². The second kappa shape index (κ2) is 6.64. The number of carbonyl (C=O) groups is 1. The smallest absolute Gasteiger partial charge is 0.348 e. The Labute approximate surface area is 144 Å². The number of rotatable bonds is 4. The predicted octanol–water partition coefficient (Wildman–Crippen LogP) is 1.65. The summed E-state index contributed by atoms with van der Waals surface area (Å²) in [5.41, 5.74) is 7.20. The average molecular weight is 366 g/mol. The van der Waals surface area contributed by atoms with E-state index in [0.717, 1.165) is 16.9 Å². The van der Waals surface area contributed by atoms with Crippen molar-refractivity contribution in [3.8, 4) is 0 Å². The van der Waals surface area contributed by atoms with Gasteiger partial charge in [-0.15, -0.1) is 11.3 Å². The topological polar surface area (TPSA) is 89.7 Å². The number of hydrogen-bond donors (Lipinski definition) is 1. The summed E-state index contributed by atoms with van der Waals surface area (Å²) in [5.74, 6) is -0.582. The van der Waals surface area contributed by atoms with Crippen LogP contribution in [0.1, 0.15) is 21.2 Å². The minimum absolute atomic E-state index is 0.0420. The van der Waals surface area contributed by atoms with E-state index in [1.54, 1.807) is 0 Å². The summed E-state index contributed by atoms with van der Waals surface area (Å²) in [6.07, 6.45) is 0. The summed E-state index contributed by atoms with van der Waals surface area (Å²) in [5, 5.41) is 1.46. The Balaban J connectivity index is 1.83. The van der Waals surface area contributed by atoms with Crippen molar-refractivity contribution < 1.29 is 17.9 Å². The molecule has 8 heteroatoms. The van der Waals surface area contributed by atoms with Crippen LogP contribution in [0.15, 0.2) is 46.7 Å². The molecule has 0 amide bonds. The highest BCUT2D eigenvalue weighted by atomic mass is 32.2. The lowest BCUT2D eigenvalue weighted by molar-refractivity contribution is 0.0606. The maximum absolute atomic E-state index is 12.8. The first kappa shape index (κ1) is 17.1. The van der Waals surface area contributed by atoms with Gasteiger partial charge in [0.2, 0.25) is 10.0 Å². The molecule has 2 aromatic rings. The van der Waals surface area contributed by atoms with E-state index in [0.29, 0.717) is 6.54 Å². The number of nitrogens with two attached hydrogens (primary N) is 1. The third-order valence-electron chi connectivity index (χ3n) is 4.16. The fourth-order valence-electron chi connectivity index (χ4n) is 2.85. The highest BCUT2D eigenvalue weighted by Gasteiger charge is 2.38. The highest BCUT2D eigenvalue weighted by molar-refractivity contribution is 7.89. The SMILES string of the molecule is COC(=O)c1cc(S(=O)(=O)N2C[C@@H](N)[C@H](c3ccccc3)C2)cs1. The minimum Gasteiger partial charge on any atom is -0.465 e. The largest absolute Gasteiger partial charge is 0.465 e. The first-order chi connectivity index (χ1) is 11.4. The highest BCUT2D eigenvalue weighted by Crippen LogP contribution is 2.31. The first-order valence-corrected chi connectivity index (χ1v) is 9.73. The van der Waals surface area contributed by atoms with Crippen molar-refractivity contribution in [1.82, 2.24) is 4.31 Å². The van der Waals surface area contributed by atoms with Crippen molar-refractivity contribution in [2.45, 2.75) is 16.9 Å². The Kier molecular flexibility index (Phi) is 4.73. The lowest BCUT2D eigenvalue weighted by atomic mass is 9.95. The number of benzene rings is 1. The van der Waals surface area contributed by atoms with Gasteiger partial charge in [0.15, 0.2) is 0 Å². The molecule has 0 saturated carbocycles. The first-order valence-electron chi connectivity index (χ1n) is 7.41. The van der Waals surface area contributed by atoms with Crippen LogP contribution in [0.2, 0.25) is 0 Å². The van der Waals surface area contributed by atoms with Crippen LogP contribution in [-0.2, 0) is 14.8 Å². The van der Waals surface area contributed by atoms with Gasteiger partial charge in [-0.25, -0.2) is 13.2 Å². The van der Waals surface area contributed by atoms with Crippen molar-refractivity contribution in [3.05, 3.63) is 52.2 Å². The van der Waals surface area contributed by atoms with Crippen molar-refractivity contribution >= 4 is 27.3 Å². The van der Waals surface area contributed by atoms with E-state index < -0.39 is 16.0 Å². The molecule has 0 aliphatic carbocycles. The van der Waals surface area contributed by atoms with Crippen LogP contribution in [0, 0.1) is 0 Å². The van der Waals surface area contributed by atoms with Crippen LogP contribution >= 0.6 is 11.3 Å². The van der Waals surface area contributed by atoms with Gasteiger partial charge in [0.25, 0.3) is 0 Å². The van der Waals surface area contributed by atoms with E-state index in [9.17, 15) is 13.2 Å². The van der Waals surface area contributed by atoms with Gasteiger partial charge in [-0.2, -0.15) is 4.31 Å². The van der Waals surface area contributed by atoms with Gasteiger partial charge in [-0.05, 0) is 11.6 Å². The van der Waals surface area contributed by atoms with Crippen molar-refractivity contribution in [2.75, 3.05) is 20.2 Å². The average Bonchev–Trinajstić information content (AvgIpc) is 3.22. The lowest BCUT2D eigenvalue weighted by Gasteiger charge is -2.15. The Morgan fingerprint density at radius 1 is 1.29 bits per heavy atom. The quantitative estimate of drug-likeness (QED) is 0.831. The number of ether oxygens (including phenoxy) is 1. The second-order valence-corrected chi connectivity index (χ2v) is 8.49. The monoisotopic (exact) mass is 366 g/mol. The third-order valence-corrected chi connectivity index (χ3v) is 7.03. The molecule has 24 heavy (non-hydrogen) atoms. The number of nitrogens with zero attached hydrogens (tertiary/aromatic N) is 1. The van der Waals surface area contributed by atoms with Crippen LogP contribution in [0.25, 0.3) is 0 Å². The number of hydrogen-bond acceptors (Lipinski definition) is 6. The molecule has 0 unspecified atom stereocenters. The molecular weight excluding hydrogens is 348 g/mol. The van der Waals surface area contributed by atoms with Crippen molar-refractivity contribution in [3.63, 3.8) is 0 Å². The van der Waals surface area contributed by atoms with Gasteiger partial charge in [-0.3, -0.25) is 0 Å². The van der Waals surface area contributed by atoms with E-state index in [1.165, 1.54) is 22.9 Å². The van der Waals surface area contributed by atoms with E-state index in [-0.39, 0.29) is 28.3 Å². The molecule has 1 aliphatic rings. The molecule has 0 bridgehead atoms. The summed E-state index contributed by atoms with van der Waals surface area (Å²) >= 11 is 1.05. The van der Waals surface area contributed by atoms with Gasteiger partial charge < -0.3 is 10.5 Å². The molecule has 6 nitrogen and oxygen atoms in total. The van der Waals surface area contributed by atoms with Gasteiger partial charge in [0, 0.05) is 30.4 Å². The Hall–Kier alpha value is -1.74. The van der Waals surface area contributed by atoms with Crippen molar-refractivity contribution in [2.24, 2.45) is 5.73 Å². The Bertz CT molecular complexity index is 833. The fraction of sp³-hybridized carbons (Fsp3) is 0.312. The zero-order valence-corrected chi connectivity index (χ0v) is 14.7. The summed E-state index contributed by atoms with van der Waals surface area (Å²) in [4.78, 5) is 11.9. The Morgan fingerprint density at radius 2 is 2.00 bits per heavy atom. The molecule has 1 saturated heterocycles. The van der Waals surface area contributed by atoms with Crippen LogP contribution in [0.5, 0.6) is 0 Å². The third kappa shape index (κ3) is 3.10. The molecule has 0 spiro atoms. The summed E-state index contributed by atoms with van der Waals surface area (Å²) in [6, 6.07) is 10.8. The molecule has 128 valence electrons. The summed E-state index contributed by atoms with van der Waals surface area (Å²) in [6.45, 7) is 0.586. The molecule has 2 heterocycles. The molecule has 1 fully saturated rings. The van der Waals surface area contributed by atoms with Crippen LogP contribution < -0.4 is 5.73 Å². The molecule has 1 aromatic heterocycles. The Morgan fingerprint density at radius 3 is 2.67 bits per heavy atom. The molecule has 3 rings (SSSR count). The van der Waals surface area contributed by atoms with Crippen LogP contribution in [0.3, 0.4) is 0 Å². The maximum atomic E-state index is 12.8. The minimum atomic E-state index is -3.68. The molecular formula is C16H18N2O4S2. The number of sulfonamides is 1. The van der Waals surface area contributed by atoms with E-state index in [4.69, 9.17) is 5.73 Å². The summed E-state index contributed by atoms with van der Waals surface area (Å²) in [7, 11) is -2.41. The maximum Gasteiger partial charge on any atom is 0.348 e.